The van der Waals surface area contributed by atoms with E-state index in [9.17, 15) is 4.79 Å². The predicted octanol–water partition coefficient (Wildman–Crippen LogP) is 5.55. The summed E-state index contributed by atoms with van der Waals surface area (Å²) in [5, 5.41) is 11.7. The number of hydrogen-bond acceptors (Lipinski definition) is 5. The number of anilines is 2. The van der Waals surface area contributed by atoms with Crippen molar-refractivity contribution in [3.63, 3.8) is 0 Å². The van der Waals surface area contributed by atoms with Gasteiger partial charge in [-0.3, -0.25) is 9.69 Å². The van der Waals surface area contributed by atoms with Crippen LogP contribution in [0, 0.1) is 25.2 Å². The van der Waals surface area contributed by atoms with E-state index in [4.69, 9.17) is 21.6 Å². The molecule has 0 saturated heterocycles. The summed E-state index contributed by atoms with van der Waals surface area (Å²) in [5.74, 6) is 0.369. The van der Waals surface area contributed by atoms with Gasteiger partial charge in [0, 0.05) is 12.3 Å². The Morgan fingerprint density at radius 2 is 2.04 bits per heavy atom. The molecule has 0 atom stereocenters. The number of hydrogen-bond donors (Lipinski definition) is 0. The molecule has 0 radical (unpaired) electrons. The molecule has 5 nitrogen and oxygen atoms in total. The average Bonchev–Trinajstić information content (AvgIpc) is 3.11. The number of aryl methyl sites for hydroxylation is 2. The lowest BCUT2D eigenvalue weighted by molar-refractivity contribution is -0.115. The number of carbonyl (C=O) groups is 1. The Bertz CT molecular complexity index is 1070. The monoisotopic (exact) mass is 411 g/mol. The molecule has 142 valence electrons. The molecule has 3 aromatic rings. The molecule has 2 aromatic carbocycles. The number of aromatic nitrogens is 1. The van der Waals surface area contributed by atoms with E-state index < -0.39 is 0 Å². The van der Waals surface area contributed by atoms with Gasteiger partial charge in [0.05, 0.1) is 28.0 Å². The number of carbonyl (C=O) groups excluding carboxylic acids is 1. The number of amides is 1. The lowest BCUT2D eigenvalue weighted by Gasteiger charge is -2.19. The fourth-order valence-electron chi connectivity index (χ4n) is 2.60. The van der Waals surface area contributed by atoms with Gasteiger partial charge >= 0.3 is 0 Å². The number of ether oxygens (including phenoxy) is 1. The Morgan fingerprint density at radius 3 is 2.68 bits per heavy atom. The molecule has 3 rings (SSSR count). The van der Waals surface area contributed by atoms with Gasteiger partial charge in [0.15, 0.2) is 5.13 Å². The van der Waals surface area contributed by atoms with Crippen LogP contribution in [0.3, 0.4) is 0 Å². The highest BCUT2D eigenvalue weighted by Gasteiger charge is 2.18. The summed E-state index contributed by atoms with van der Waals surface area (Å²) in [6.45, 7) is 5.77. The number of halogens is 1. The zero-order valence-corrected chi connectivity index (χ0v) is 17.3. The lowest BCUT2D eigenvalue weighted by atomic mass is 10.1. The largest absolute Gasteiger partial charge is 0.486 e. The minimum Gasteiger partial charge on any atom is -0.486 e. The van der Waals surface area contributed by atoms with Gasteiger partial charge in [-0.25, -0.2) is 4.98 Å². The summed E-state index contributed by atoms with van der Waals surface area (Å²) >= 11 is 7.51. The van der Waals surface area contributed by atoms with Crippen LogP contribution < -0.4 is 9.64 Å². The molecule has 0 unspecified atom stereocenters. The molecule has 0 aliphatic heterocycles. The summed E-state index contributed by atoms with van der Waals surface area (Å²) < 4.78 is 5.72. The molecule has 28 heavy (non-hydrogen) atoms. The molecule has 0 N–H and O–H groups in total. The van der Waals surface area contributed by atoms with Crippen LogP contribution in [0.2, 0.25) is 5.02 Å². The molecular formula is C21H18ClN3O2S. The van der Waals surface area contributed by atoms with Crippen molar-refractivity contribution in [3.05, 3.63) is 69.2 Å². The summed E-state index contributed by atoms with van der Waals surface area (Å²) in [4.78, 5) is 18.4. The fourth-order valence-corrected chi connectivity index (χ4v) is 3.70. The number of nitrogens with zero attached hydrogens (tertiary/aromatic N) is 3. The first-order chi connectivity index (χ1) is 13.4. The second-order valence-electron chi connectivity index (χ2n) is 6.29. The molecule has 1 aromatic heterocycles. The molecule has 0 spiro atoms. The SMILES string of the molecule is CC(=O)N(c1ccc(C)c(C)c1)c1nc(COc2ccc(C#N)cc2Cl)cs1. The van der Waals surface area contributed by atoms with Gasteiger partial charge in [0.1, 0.15) is 12.4 Å². The van der Waals surface area contributed by atoms with Crippen LogP contribution in [0.5, 0.6) is 5.75 Å². The van der Waals surface area contributed by atoms with E-state index in [1.165, 1.54) is 23.8 Å². The van der Waals surface area contributed by atoms with E-state index in [0.717, 1.165) is 11.3 Å². The number of thiazole rings is 1. The van der Waals surface area contributed by atoms with Gasteiger partial charge in [-0.05, 0) is 55.3 Å². The van der Waals surface area contributed by atoms with Crippen molar-refractivity contribution in [2.24, 2.45) is 0 Å². The molecular weight excluding hydrogens is 394 g/mol. The Labute approximate surface area is 172 Å². The summed E-state index contributed by atoms with van der Waals surface area (Å²) in [6, 6.07) is 12.8. The van der Waals surface area contributed by atoms with Gasteiger partial charge in [-0.15, -0.1) is 11.3 Å². The maximum Gasteiger partial charge on any atom is 0.230 e. The molecule has 1 amide bonds. The van der Waals surface area contributed by atoms with Crippen LogP contribution in [0.25, 0.3) is 0 Å². The van der Waals surface area contributed by atoms with Gasteiger partial charge in [0.2, 0.25) is 5.91 Å². The first-order valence-electron chi connectivity index (χ1n) is 8.54. The molecule has 0 bridgehead atoms. The van der Waals surface area contributed by atoms with Crippen molar-refractivity contribution in [3.8, 4) is 11.8 Å². The lowest BCUT2D eigenvalue weighted by Crippen LogP contribution is -2.22. The highest BCUT2D eigenvalue weighted by molar-refractivity contribution is 7.14. The maximum atomic E-state index is 12.3. The van der Waals surface area contributed by atoms with Crippen molar-refractivity contribution in [2.45, 2.75) is 27.4 Å². The first kappa shape index (κ1) is 19.9. The van der Waals surface area contributed by atoms with Crippen molar-refractivity contribution in [2.75, 3.05) is 4.90 Å². The second kappa shape index (κ2) is 8.42. The minimum atomic E-state index is -0.111. The first-order valence-corrected chi connectivity index (χ1v) is 9.79. The Kier molecular flexibility index (Phi) is 5.98. The van der Waals surface area contributed by atoms with E-state index in [2.05, 4.69) is 4.98 Å². The zero-order chi connectivity index (χ0) is 20.3. The number of benzene rings is 2. The van der Waals surface area contributed by atoms with E-state index >= 15 is 0 Å². The third-order valence-corrected chi connectivity index (χ3v) is 5.40. The van der Waals surface area contributed by atoms with Crippen LogP contribution in [0.15, 0.2) is 41.8 Å². The van der Waals surface area contributed by atoms with Gasteiger partial charge < -0.3 is 4.74 Å². The summed E-state index contributed by atoms with van der Waals surface area (Å²) in [6.07, 6.45) is 0. The molecule has 0 aliphatic rings. The fraction of sp³-hybridized carbons (Fsp3) is 0.190. The van der Waals surface area contributed by atoms with Crippen molar-refractivity contribution in [1.82, 2.24) is 4.98 Å². The number of nitriles is 1. The van der Waals surface area contributed by atoms with Crippen LogP contribution in [-0.4, -0.2) is 10.9 Å². The molecule has 7 heteroatoms. The molecule has 0 fully saturated rings. The van der Waals surface area contributed by atoms with Gasteiger partial charge in [-0.2, -0.15) is 5.26 Å². The minimum absolute atomic E-state index is 0.111. The molecule has 1 heterocycles. The van der Waals surface area contributed by atoms with Crippen LogP contribution in [0.1, 0.15) is 29.3 Å². The third-order valence-electron chi connectivity index (χ3n) is 4.23. The standard InChI is InChI=1S/C21H18ClN3O2S/c1-13-4-6-18(8-14(13)2)25(15(3)26)21-24-17(12-28-21)11-27-20-7-5-16(10-23)9-19(20)22/h4-9,12H,11H2,1-3H3. The van der Waals surface area contributed by atoms with E-state index in [1.54, 1.807) is 23.1 Å². The average molecular weight is 412 g/mol. The summed E-state index contributed by atoms with van der Waals surface area (Å²) in [5.41, 5.74) is 4.22. The normalized spacial score (nSPS) is 10.4. The second-order valence-corrected chi connectivity index (χ2v) is 7.53. The van der Waals surface area contributed by atoms with Crippen LogP contribution in [-0.2, 0) is 11.4 Å². The van der Waals surface area contributed by atoms with Gasteiger partial charge in [-0.1, -0.05) is 17.7 Å². The predicted molar refractivity (Wildman–Crippen MR) is 111 cm³/mol. The van der Waals surface area contributed by atoms with Crippen LogP contribution in [0.4, 0.5) is 10.8 Å². The van der Waals surface area contributed by atoms with Crippen molar-refractivity contribution < 1.29 is 9.53 Å². The quantitative estimate of drug-likeness (QED) is 0.552. The van der Waals surface area contributed by atoms with E-state index in [-0.39, 0.29) is 12.5 Å². The molecule has 0 aliphatic carbocycles. The van der Waals surface area contributed by atoms with Crippen LogP contribution >= 0.6 is 22.9 Å². The Morgan fingerprint density at radius 1 is 1.25 bits per heavy atom. The van der Waals surface area contributed by atoms with E-state index in [0.29, 0.717) is 27.2 Å². The topological polar surface area (TPSA) is 66.2 Å². The van der Waals surface area contributed by atoms with E-state index in [1.807, 2.05) is 43.5 Å². The smallest absolute Gasteiger partial charge is 0.230 e. The van der Waals surface area contributed by atoms with Gasteiger partial charge in [0.25, 0.3) is 0 Å². The third kappa shape index (κ3) is 4.33. The molecule has 0 saturated carbocycles. The number of rotatable bonds is 5. The maximum absolute atomic E-state index is 12.3. The highest BCUT2D eigenvalue weighted by atomic mass is 35.5. The Balaban J connectivity index is 1.79. The summed E-state index contributed by atoms with van der Waals surface area (Å²) in [7, 11) is 0. The Hall–Kier alpha value is -2.88. The van der Waals surface area contributed by atoms with Crippen molar-refractivity contribution >= 4 is 39.7 Å². The highest BCUT2D eigenvalue weighted by Crippen LogP contribution is 2.31. The van der Waals surface area contributed by atoms with Crippen molar-refractivity contribution in [1.29, 1.82) is 5.26 Å². The zero-order valence-electron chi connectivity index (χ0n) is 15.7.